The second-order valence-electron chi connectivity index (χ2n) is 9.45. The van der Waals surface area contributed by atoms with Crippen LogP contribution in [-0.4, -0.2) is 34.0 Å². The summed E-state index contributed by atoms with van der Waals surface area (Å²) in [6, 6.07) is 11.3. The fourth-order valence-corrected chi connectivity index (χ4v) is 5.35. The van der Waals surface area contributed by atoms with Gasteiger partial charge in [-0.3, -0.25) is 4.79 Å². The Kier molecular flexibility index (Phi) is 4.06. The summed E-state index contributed by atoms with van der Waals surface area (Å²) in [5, 5.41) is 21.0. The smallest absolute Gasteiger partial charge is 0.312 e. The lowest BCUT2D eigenvalue weighted by Crippen LogP contribution is -2.59. The van der Waals surface area contributed by atoms with Crippen LogP contribution in [0.4, 0.5) is 8.78 Å². The Morgan fingerprint density at radius 2 is 1.84 bits per heavy atom. The molecule has 1 spiro atoms. The van der Waals surface area contributed by atoms with Gasteiger partial charge in [-0.25, -0.2) is 8.78 Å². The molecule has 2 aromatic carbocycles. The highest BCUT2D eigenvalue weighted by Gasteiger charge is 2.65. The van der Waals surface area contributed by atoms with Crippen LogP contribution in [0.15, 0.2) is 42.5 Å². The van der Waals surface area contributed by atoms with Gasteiger partial charge < -0.3 is 19.5 Å². The van der Waals surface area contributed by atoms with E-state index in [0.29, 0.717) is 23.1 Å². The second-order valence-corrected chi connectivity index (χ2v) is 9.45. The van der Waals surface area contributed by atoms with Crippen LogP contribution in [-0.2, 0) is 20.5 Å². The maximum atomic E-state index is 13.8. The summed E-state index contributed by atoms with van der Waals surface area (Å²) < 4.78 is 35.7. The van der Waals surface area contributed by atoms with Gasteiger partial charge in [0.15, 0.2) is 0 Å². The van der Waals surface area contributed by atoms with Gasteiger partial charge in [-0.15, -0.1) is 0 Å². The van der Waals surface area contributed by atoms with E-state index in [1.54, 1.807) is 24.3 Å². The van der Waals surface area contributed by atoms with E-state index in [9.17, 15) is 23.8 Å². The minimum Gasteiger partial charge on any atom is -0.507 e. The summed E-state index contributed by atoms with van der Waals surface area (Å²) in [7, 11) is 0. The SMILES string of the molecule is CC1(C)COC2(CC(CF)(C(=O)O)C2)c2c1n(-c1ccc(F)cc1)c1cccc(O)c21. The molecule has 1 aliphatic carbocycles. The Bertz CT molecular complexity index is 1210. The van der Waals surface area contributed by atoms with Crippen LogP contribution in [0.3, 0.4) is 0 Å². The van der Waals surface area contributed by atoms with Crippen molar-refractivity contribution in [3.8, 4) is 11.4 Å². The monoisotopic (exact) mass is 427 g/mol. The number of benzene rings is 2. The van der Waals surface area contributed by atoms with E-state index in [0.717, 1.165) is 11.4 Å². The third-order valence-corrected chi connectivity index (χ3v) is 6.82. The van der Waals surface area contributed by atoms with Gasteiger partial charge in [0.2, 0.25) is 0 Å². The average Bonchev–Trinajstić information content (AvgIpc) is 3.06. The summed E-state index contributed by atoms with van der Waals surface area (Å²) in [5.41, 5.74) is 0.00879. The van der Waals surface area contributed by atoms with E-state index in [4.69, 9.17) is 4.74 Å². The number of carboxylic acid groups (broad SMARTS) is 1. The number of aromatic nitrogens is 1. The summed E-state index contributed by atoms with van der Waals surface area (Å²) in [6.07, 6.45) is -0.0163. The number of aromatic hydroxyl groups is 1. The van der Waals surface area contributed by atoms with Crippen LogP contribution < -0.4 is 0 Å². The van der Waals surface area contributed by atoms with Crippen LogP contribution >= 0.6 is 0 Å². The van der Waals surface area contributed by atoms with Crippen molar-refractivity contribution in [3.05, 3.63) is 59.5 Å². The number of halogens is 2. The molecule has 0 radical (unpaired) electrons. The molecule has 0 bridgehead atoms. The topological polar surface area (TPSA) is 71.7 Å². The number of rotatable bonds is 3. The van der Waals surface area contributed by atoms with Gasteiger partial charge in [0.25, 0.3) is 0 Å². The van der Waals surface area contributed by atoms with Crippen LogP contribution in [0.25, 0.3) is 16.6 Å². The van der Waals surface area contributed by atoms with E-state index in [2.05, 4.69) is 0 Å². The van der Waals surface area contributed by atoms with Crippen molar-refractivity contribution in [3.63, 3.8) is 0 Å². The maximum absolute atomic E-state index is 13.8. The molecule has 5 nitrogen and oxygen atoms in total. The number of aliphatic carboxylic acids is 1. The number of hydrogen-bond donors (Lipinski definition) is 2. The van der Waals surface area contributed by atoms with E-state index in [1.165, 1.54) is 12.1 Å². The van der Waals surface area contributed by atoms with Gasteiger partial charge >= 0.3 is 5.97 Å². The molecule has 0 amide bonds. The Balaban J connectivity index is 1.84. The molecule has 0 saturated heterocycles. The number of hydrogen-bond acceptors (Lipinski definition) is 3. The minimum atomic E-state index is -1.49. The lowest BCUT2D eigenvalue weighted by Gasteiger charge is -2.56. The number of phenolic OH excluding ortho intramolecular Hbond substituents is 1. The average molecular weight is 427 g/mol. The highest BCUT2D eigenvalue weighted by molar-refractivity contribution is 5.94. The zero-order valence-electron chi connectivity index (χ0n) is 17.3. The lowest BCUT2D eigenvalue weighted by atomic mass is 9.55. The first-order valence-corrected chi connectivity index (χ1v) is 10.2. The van der Waals surface area contributed by atoms with Crippen molar-refractivity contribution >= 4 is 16.9 Å². The van der Waals surface area contributed by atoms with Gasteiger partial charge in [-0.05, 0) is 49.2 Å². The fraction of sp³-hybridized carbons (Fsp3) is 0.375. The second kappa shape index (κ2) is 6.29. The Labute approximate surface area is 177 Å². The van der Waals surface area contributed by atoms with Gasteiger partial charge in [0.1, 0.15) is 23.7 Å². The standard InChI is InChI=1S/C24H23F2NO4/c1-22(2)13-31-24(10-23(11-24,12-25)21(29)30)19-18-16(4-3-5-17(18)28)27(20(19)22)15-8-6-14(26)7-9-15/h3-9,28H,10-13H2,1-2H3,(H,29,30). The van der Waals surface area contributed by atoms with Crippen molar-refractivity contribution in [1.29, 1.82) is 0 Å². The Morgan fingerprint density at radius 3 is 2.45 bits per heavy atom. The predicted molar refractivity (Wildman–Crippen MR) is 111 cm³/mol. The molecule has 7 heteroatoms. The molecule has 1 aliphatic heterocycles. The number of alkyl halides is 1. The van der Waals surface area contributed by atoms with Gasteiger partial charge in [-0.1, -0.05) is 19.9 Å². The zero-order chi connectivity index (χ0) is 22.2. The third kappa shape index (κ3) is 2.59. The molecule has 3 aromatic rings. The van der Waals surface area contributed by atoms with E-state index < -0.39 is 29.1 Å². The van der Waals surface area contributed by atoms with Gasteiger partial charge in [-0.2, -0.15) is 0 Å². The molecular formula is C24H23F2NO4. The van der Waals surface area contributed by atoms with E-state index in [-0.39, 0.29) is 24.4 Å². The molecule has 31 heavy (non-hydrogen) atoms. The number of fused-ring (bicyclic) bond motifs is 4. The quantitative estimate of drug-likeness (QED) is 0.629. The number of phenols is 1. The third-order valence-electron chi connectivity index (χ3n) is 6.82. The Morgan fingerprint density at radius 1 is 1.16 bits per heavy atom. The molecule has 1 aromatic heterocycles. The van der Waals surface area contributed by atoms with Crippen LogP contribution in [0.5, 0.6) is 5.75 Å². The molecule has 2 heterocycles. The summed E-state index contributed by atoms with van der Waals surface area (Å²) in [5.74, 6) is -1.49. The predicted octanol–water partition coefficient (Wildman–Crippen LogP) is 4.81. The molecule has 5 rings (SSSR count). The minimum absolute atomic E-state index is 0.00816. The lowest BCUT2D eigenvalue weighted by molar-refractivity contribution is -0.213. The molecule has 0 atom stereocenters. The maximum Gasteiger partial charge on any atom is 0.312 e. The zero-order valence-corrected chi connectivity index (χ0v) is 17.3. The first kappa shape index (κ1) is 20.0. The van der Waals surface area contributed by atoms with Crippen molar-refractivity contribution in [2.24, 2.45) is 5.41 Å². The van der Waals surface area contributed by atoms with E-state index in [1.807, 2.05) is 24.5 Å². The highest BCUT2D eigenvalue weighted by Crippen LogP contribution is 2.63. The molecule has 0 unspecified atom stereocenters. The van der Waals surface area contributed by atoms with Crippen molar-refractivity contribution in [2.45, 2.75) is 37.7 Å². The van der Waals surface area contributed by atoms with Crippen molar-refractivity contribution < 1.29 is 28.5 Å². The summed E-state index contributed by atoms with van der Waals surface area (Å²) in [4.78, 5) is 11.8. The van der Waals surface area contributed by atoms with Gasteiger partial charge in [0, 0.05) is 27.7 Å². The van der Waals surface area contributed by atoms with Crippen LogP contribution in [0.2, 0.25) is 0 Å². The molecule has 162 valence electrons. The molecule has 1 saturated carbocycles. The molecule has 1 fully saturated rings. The Hall–Kier alpha value is -2.93. The van der Waals surface area contributed by atoms with E-state index >= 15 is 0 Å². The van der Waals surface area contributed by atoms with Crippen molar-refractivity contribution in [1.82, 2.24) is 4.57 Å². The number of nitrogens with zero attached hydrogens (tertiary/aromatic N) is 1. The summed E-state index contributed by atoms with van der Waals surface area (Å²) in [6.45, 7) is 3.34. The van der Waals surface area contributed by atoms with Gasteiger partial charge in [0.05, 0.1) is 17.7 Å². The molecular weight excluding hydrogens is 404 g/mol. The normalized spacial score (nSPS) is 26.6. The van der Waals surface area contributed by atoms with Crippen LogP contribution in [0, 0.1) is 11.2 Å². The fourth-order valence-electron chi connectivity index (χ4n) is 5.35. The largest absolute Gasteiger partial charge is 0.507 e. The number of ether oxygens (including phenoxy) is 1. The molecule has 2 aliphatic rings. The first-order valence-electron chi connectivity index (χ1n) is 10.2. The van der Waals surface area contributed by atoms with Crippen molar-refractivity contribution in [2.75, 3.05) is 13.3 Å². The van der Waals surface area contributed by atoms with Crippen LogP contribution in [0.1, 0.15) is 37.9 Å². The highest BCUT2D eigenvalue weighted by atomic mass is 19.1. The number of carboxylic acids is 1. The molecule has 2 N–H and O–H groups in total. The number of carbonyl (C=O) groups is 1. The first-order chi connectivity index (χ1) is 14.6. The summed E-state index contributed by atoms with van der Waals surface area (Å²) >= 11 is 0.